The first kappa shape index (κ1) is 15.0. The fraction of sp³-hybridized carbons (Fsp3) is 0.375. The predicted molar refractivity (Wildman–Crippen MR) is 85.3 cm³/mol. The molecule has 1 aromatic heterocycles. The number of aryl methyl sites for hydroxylation is 2. The topological polar surface area (TPSA) is 47.3 Å². The SMILES string of the molecule is CCc1ccc(C(NN)c2ccc(C)c(C)c2OC)s1. The summed E-state index contributed by atoms with van der Waals surface area (Å²) in [7, 11) is 1.71. The van der Waals surface area contributed by atoms with Gasteiger partial charge in [0.25, 0.3) is 0 Å². The second kappa shape index (κ2) is 6.39. The Bertz CT molecular complexity index is 592. The largest absolute Gasteiger partial charge is 0.496 e. The van der Waals surface area contributed by atoms with Gasteiger partial charge in [0.05, 0.1) is 13.2 Å². The zero-order valence-electron chi connectivity index (χ0n) is 12.5. The molecule has 1 atom stereocenters. The van der Waals surface area contributed by atoms with E-state index >= 15 is 0 Å². The van der Waals surface area contributed by atoms with Crippen LogP contribution < -0.4 is 16.0 Å². The van der Waals surface area contributed by atoms with Crippen LogP contribution in [-0.2, 0) is 6.42 Å². The molecule has 0 aliphatic rings. The van der Waals surface area contributed by atoms with Crippen molar-refractivity contribution in [1.82, 2.24) is 5.43 Å². The molecule has 0 radical (unpaired) electrons. The van der Waals surface area contributed by atoms with Crippen LogP contribution in [0.25, 0.3) is 0 Å². The first-order chi connectivity index (χ1) is 9.62. The fourth-order valence-electron chi connectivity index (χ4n) is 2.37. The van der Waals surface area contributed by atoms with Gasteiger partial charge in [-0.1, -0.05) is 19.1 Å². The van der Waals surface area contributed by atoms with E-state index in [-0.39, 0.29) is 6.04 Å². The van der Waals surface area contributed by atoms with Crippen molar-refractivity contribution in [3.8, 4) is 5.75 Å². The Morgan fingerprint density at radius 1 is 1.25 bits per heavy atom. The van der Waals surface area contributed by atoms with Crippen LogP contribution in [0.15, 0.2) is 24.3 Å². The number of thiophene rings is 1. The molecule has 3 N–H and O–H groups in total. The fourth-order valence-corrected chi connectivity index (χ4v) is 3.41. The van der Waals surface area contributed by atoms with Crippen LogP contribution in [0.2, 0.25) is 0 Å². The van der Waals surface area contributed by atoms with Crippen molar-refractivity contribution >= 4 is 11.3 Å². The van der Waals surface area contributed by atoms with E-state index in [0.29, 0.717) is 0 Å². The van der Waals surface area contributed by atoms with Gasteiger partial charge in [-0.15, -0.1) is 11.3 Å². The third-order valence-corrected chi connectivity index (χ3v) is 5.00. The van der Waals surface area contributed by atoms with Crippen LogP contribution >= 0.6 is 11.3 Å². The maximum Gasteiger partial charge on any atom is 0.127 e. The highest BCUT2D eigenvalue weighted by Crippen LogP contribution is 2.36. The lowest BCUT2D eigenvalue weighted by molar-refractivity contribution is 0.401. The summed E-state index contributed by atoms with van der Waals surface area (Å²) in [5, 5.41) is 0. The predicted octanol–water partition coefficient (Wildman–Crippen LogP) is 3.49. The Kier molecular flexibility index (Phi) is 4.81. The number of nitrogens with one attached hydrogen (secondary N) is 1. The van der Waals surface area contributed by atoms with E-state index in [9.17, 15) is 0 Å². The Morgan fingerprint density at radius 3 is 2.55 bits per heavy atom. The normalized spacial score (nSPS) is 12.4. The molecule has 20 heavy (non-hydrogen) atoms. The Morgan fingerprint density at radius 2 is 2.00 bits per heavy atom. The Balaban J connectivity index is 2.49. The van der Waals surface area contributed by atoms with Gasteiger partial charge in [0.1, 0.15) is 5.75 Å². The quantitative estimate of drug-likeness (QED) is 0.654. The summed E-state index contributed by atoms with van der Waals surface area (Å²) in [5.41, 5.74) is 6.40. The standard InChI is InChI=1S/C16H22N2OS/c1-5-12-7-9-14(20-12)15(18-17)13-8-6-10(2)11(3)16(13)19-4/h6-9,15,18H,5,17H2,1-4H3. The summed E-state index contributed by atoms with van der Waals surface area (Å²) in [6.07, 6.45) is 1.05. The van der Waals surface area contributed by atoms with Crippen molar-refractivity contribution in [2.45, 2.75) is 33.2 Å². The molecular weight excluding hydrogens is 268 g/mol. The minimum Gasteiger partial charge on any atom is -0.496 e. The Hall–Kier alpha value is -1.36. The molecule has 0 saturated carbocycles. The first-order valence-corrected chi connectivity index (χ1v) is 7.62. The van der Waals surface area contributed by atoms with Crippen molar-refractivity contribution in [2.75, 3.05) is 7.11 Å². The molecule has 108 valence electrons. The summed E-state index contributed by atoms with van der Waals surface area (Å²) < 4.78 is 5.60. The molecule has 0 spiro atoms. The van der Waals surface area contributed by atoms with Gasteiger partial charge < -0.3 is 4.74 Å². The maximum absolute atomic E-state index is 5.80. The number of hydrazine groups is 1. The monoisotopic (exact) mass is 290 g/mol. The van der Waals surface area contributed by atoms with Crippen LogP contribution in [-0.4, -0.2) is 7.11 Å². The number of hydrogen-bond donors (Lipinski definition) is 2. The molecule has 1 heterocycles. The van der Waals surface area contributed by atoms with Crippen molar-refractivity contribution < 1.29 is 4.74 Å². The summed E-state index contributed by atoms with van der Waals surface area (Å²) >= 11 is 1.79. The molecule has 0 aliphatic heterocycles. The van der Waals surface area contributed by atoms with Crippen molar-refractivity contribution in [1.29, 1.82) is 0 Å². The molecule has 0 amide bonds. The van der Waals surface area contributed by atoms with Gasteiger partial charge in [-0.05, 0) is 43.5 Å². The van der Waals surface area contributed by atoms with E-state index in [4.69, 9.17) is 10.6 Å². The zero-order chi connectivity index (χ0) is 14.7. The number of rotatable bonds is 5. The summed E-state index contributed by atoms with van der Waals surface area (Å²) in [6.45, 7) is 6.33. The second-order valence-corrected chi connectivity index (χ2v) is 6.09. The van der Waals surface area contributed by atoms with Gasteiger partial charge in [0.2, 0.25) is 0 Å². The molecule has 0 fully saturated rings. The second-order valence-electron chi connectivity index (χ2n) is 4.89. The van der Waals surface area contributed by atoms with Crippen LogP contribution in [0.5, 0.6) is 5.75 Å². The molecule has 4 heteroatoms. The maximum atomic E-state index is 5.80. The first-order valence-electron chi connectivity index (χ1n) is 6.81. The van der Waals surface area contributed by atoms with E-state index in [1.165, 1.54) is 15.3 Å². The van der Waals surface area contributed by atoms with E-state index in [0.717, 1.165) is 23.3 Å². The average molecular weight is 290 g/mol. The highest BCUT2D eigenvalue weighted by atomic mass is 32.1. The summed E-state index contributed by atoms with van der Waals surface area (Å²) in [6, 6.07) is 8.48. The van der Waals surface area contributed by atoms with Crippen LogP contribution in [0.4, 0.5) is 0 Å². The number of methoxy groups -OCH3 is 1. The van der Waals surface area contributed by atoms with E-state index in [2.05, 4.69) is 50.5 Å². The smallest absolute Gasteiger partial charge is 0.127 e. The van der Waals surface area contributed by atoms with Gasteiger partial charge in [-0.25, -0.2) is 5.43 Å². The molecule has 0 bridgehead atoms. The molecule has 1 aromatic carbocycles. The third kappa shape index (κ3) is 2.73. The van der Waals surface area contributed by atoms with E-state index in [1.54, 1.807) is 18.4 Å². The van der Waals surface area contributed by atoms with E-state index in [1.807, 2.05) is 0 Å². The summed E-state index contributed by atoms with van der Waals surface area (Å²) in [4.78, 5) is 2.58. The lowest BCUT2D eigenvalue weighted by Gasteiger charge is -2.20. The molecule has 2 aromatic rings. The molecule has 1 unspecified atom stereocenters. The third-order valence-electron chi connectivity index (χ3n) is 3.70. The molecule has 0 saturated heterocycles. The number of ether oxygens (including phenoxy) is 1. The van der Waals surface area contributed by atoms with Crippen LogP contribution in [0.1, 0.15) is 39.4 Å². The zero-order valence-corrected chi connectivity index (χ0v) is 13.3. The lowest BCUT2D eigenvalue weighted by Crippen LogP contribution is -2.28. The average Bonchev–Trinajstić information content (AvgIpc) is 2.92. The van der Waals surface area contributed by atoms with Gasteiger partial charge >= 0.3 is 0 Å². The van der Waals surface area contributed by atoms with E-state index < -0.39 is 0 Å². The highest BCUT2D eigenvalue weighted by Gasteiger charge is 2.20. The highest BCUT2D eigenvalue weighted by molar-refractivity contribution is 7.12. The van der Waals surface area contributed by atoms with Crippen LogP contribution in [0.3, 0.4) is 0 Å². The van der Waals surface area contributed by atoms with Gasteiger partial charge in [0, 0.05) is 15.3 Å². The molecular formula is C16H22N2OS. The van der Waals surface area contributed by atoms with Crippen molar-refractivity contribution in [3.63, 3.8) is 0 Å². The van der Waals surface area contributed by atoms with Gasteiger partial charge in [-0.2, -0.15) is 0 Å². The minimum absolute atomic E-state index is 0.0328. The molecule has 3 nitrogen and oxygen atoms in total. The number of nitrogens with two attached hydrogens (primary N) is 1. The molecule has 2 rings (SSSR count). The van der Waals surface area contributed by atoms with Crippen LogP contribution in [0, 0.1) is 13.8 Å². The Labute approximate surface area is 124 Å². The molecule has 0 aliphatic carbocycles. The number of hydrogen-bond acceptors (Lipinski definition) is 4. The van der Waals surface area contributed by atoms with Crippen molar-refractivity contribution in [2.24, 2.45) is 5.84 Å². The van der Waals surface area contributed by atoms with Gasteiger partial charge in [0.15, 0.2) is 0 Å². The lowest BCUT2D eigenvalue weighted by atomic mass is 9.98. The minimum atomic E-state index is -0.0328. The number of benzene rings is 1. The van der Waals surface area contributed by atoms with Crippen molar-refractivity contribution in [3.05, 3.63) is 50.7 Å². The van der Waals surface area contributed by atoms with Gasteiger partial charge in [-0.3, -0.25) is 5.84 Å². The summed E-state index contributed by atoms with van der Waals surface area (Å²) in [5.74, 6) is 6.72.